The van der Waals surface area contributed by atoms with Gasteiger partial charge in [-0.2, -0.15) is 13.2 Å². The zero-order valence-corrected chi connectivity index (χ0v) is 19.5. The SMILES string of the molecule is CNC(=O)[C@@]12CCC3(CCN(C(=O)Cc4ccccc4)CC3)[C@@H]1CN(C)C2.O=C(O)C(F)(F)F. The van der Waals surface area contributed by atoms with E-state index in [0.717, 1.165) is 57.4 Å². The highest BCUT2D eigenvalue weighted by Gasteiger charge is 2.63. The van der Waals surface area contributed by atoms with Gasteiger partial charge in [-0.25, -0.2) is 4.79 Å². The molecule has 2 aliphatic heterocycles. The molecule has 188 valence electrons. The Morgan fingerprint density at radius 3 is 2.21 bits per heavy atom. The van der Waals surface area contributed by atoms with Gasteiger partial charge in [0.25, 0.3) is 0 Å². The van der Waals surface area contributed by atoms with Gasteiger partial charge >= 0.3 is 12.1 Å². The first-order valence-corrected chi connectivity index (χ1v) is 11.5. The summed E-state index contributed by atoms with van der Waals surface area (Å²) in [5.41, 5.74) is 1.08. The van der Waals surface area contributed by atoms with E-state index in [0.29, 0.717) is 12.3 Å². The van der Waals surface area contributed by atoms with Crippen LogP contribution in [0.1, 0.15) is 31.2 Å². The summed E-state index contributed by atoms with van der Waals surface area (Å²) in [5.74, 6) is -1.89. The minimum absolute atomic E-state index is 0.219. The van der Waals surface area contributed by atoms with Crippen molar-refractivity contribution in [1.29, 1.82) is 0 Å². The first-order chi connectivity index (χ1) is 15.9. The Morgan fingerprint density at radius 1 is 1.09 bits per heavy atom. The molecule has 0 aromatic heterocycles. The number of halogens is 3. The van der Waals surface area contributed by atoms with E-state index in [2.05, 4.69) is 17.3 Å². The number of hydrogen-bond donors (Lipinski definition) is 2. The number of carboxylic acid groups (broad SMARTS) is 1. The molecule has 1 aromatic carbocycles. The Kier molecular flexibility index (Phi) is 7.59. The van der Waals surface area contributed by atoms with Crippen molar-refractivity contribution in [3.63, 3.8) is 0 Å². The predicted molar refractivity (Wildman–Crippen MR) is 119 cm³/mol. The number of carbonyl (C=O) groups is 3. The van der Waals surface area contributed by atoms with Crippen LogP contribution in [0.25, 0.3) is 0 Å². The summed E-state index contributed by atoms with van der Waals surface area (Å²) in [7, 11) is 3.90. The van der Waals surface area contributed by atoms with E-state index < -0.39 is 12.1 Å². The number of likely N-dealkylation sites (tertiary alicyclic amines) is 2. The molecule has 0 unspecified atom stereocenters. The molecule has 2 amide bonds. The summed E-state index contributed by atoms with van der Waals surface area (Å²) < 4.78 is 31.7. The largest absolute Gasteiger partial charge is 0.490 e. The maximum absolute atomic E-state index is 12.8. The van der Waals surface area contributed by atoms with Crippen LogP contribution >= 0.6 is 0 Å². The van der Waals surface area contributed by atoms with Crippen molar-refractivity contribution < 1.29 is 32.7 Å². The molecular weight excluding hydrogens is 451 g/mol. The van der Waals surface area contributed by atoms with Gasteiger partial charge in [0.05, 0.1) is 11.8 Å². The second kappa shape index (κ2) is 9.93. The van der Waals surface area contributed by atoms with Crippen molar-refractivity contribution in [2.75, 3.05) is 40.3 Å². The van der Waals surface area contributed by atoms with E-state index in [1.165, 1.54) is 0 Å². The van der Waals surface area contributed by atoms with Gasteiger partial charge in [0.2, 0.25) is 11.8 Å². The maximum atomic E-state index is 12.8. The van der Waals surface area contributed by atoms with Crippen molar-refractivity contribution in [1.82, 2.24) is 15.1 Å². The Balaban J connectivity index is 0.000000406. The lowest BCUT2D eigenvalue weighted by atomic mass is 9.65. The maximum Gasteiger partial charge on any atom is 0.490 e. The third-order valence-corrected chi connectivity index (χ3v) is 7.75. The summed E-state index contributed by atoms with van der Waals surface area (Å²) in [6.45, 7) is 3.53. The zero-order valence-electron chi connectivity index (χ0n) is 19.5. The minimum Gasteiger partial charge on any atom is -0.475 e. The fraction of sp³-hybridized carbons (Fsp3) is 0.625. The molecule has 2 N–H and O–H groups in total. The Hall–Kier alpha value is -2.62. The first kappa shape index (κ1) is 26.0. The Morgan fingerprint density at radius 2 is 1.68 bits per heavy atom. The molecule has 2 atom stereocenters. The number of nitrogens with one attached hydrogen (secondary N) is 1. The van der Waals surface area contributed by atoms with Crippen LogP contribution < -0.4 is 5.32 Å². The van der Waals surface area contributed by atoms with Gasteiger partial charge in [-0.15, -0.1) is 0 Å². The molecule has 2 saturated heterocycles. The molecule has 2 heterocycles. The second-order valence-electron chi connectivity index (χ2n) is 9.69. The van der Waals surface area contributed by atoms with Gasteiger partial charge in [-0.1, -0.05) is 30.3 Å². The van der Waals surface area contributed by atoms with E-state index >= 15 is 0 Å². The highest BCUT2D eigenvalue weighted by atomic mass is 19.4. The normalized spacial score (nSPS) is 25.9. The van der Waals surface area contributed by atoms with Gasteiger partial charge in [0, 0.05) is 33.2 Å². The topological polar surface area (TPSA) is 90.0 Å². The van der Waals surface area contributed by atoms with Crippen LogP contribution in [0.5, 0.6) is 0 Å². The van der Waals surface area contributed by atoms with Crippen LogP contribution in [0.2, 0.25) is 0 Å². The van der Waals surface area contributed by atoms with E-state index in [-0.39, 0.29) is 22.6 Å². The number of amides is 2. The molecule has 1 aromatic rings. The average Bonchev–Trinajstić information content (AvgIpc) is 3.29. The zero-order chi connectivity index (χ0) is 25.1. The third-order valence-electron chi connectivity index (χ3n) is 7.75. The lowest BCUT2D eigenvalue weighted by molar-refractivity contribution is -0.192. The highest BCUT2D eigenvalue weighted by Crippen LogP contribution is 2.61. The van der Waals surface area contributed by atoms with Crippen LogP contribution in [0, 0.1) is 16.7 Å². The molecule has 1 spiro atoms. The van der Waals surface area contributed by atoms with Crippen molar-refractivity contribution in [3.05, 3.63) is 35.9 Å². The molecule has 1 aliphatic carbocycles. The van der Waals surface area contributed by atoms with Crippen molar-refractivity contribution in [3.8, 4) is 0 Å². The number of carbonyl (C=O) groups excluding carboxylic acids is 2. The average molecular weight is 484 g/mol. The minimum atomic E-state index is -5.08. The van der Waals surface area contributed by atoms with Crippen molar-refractivity contribution in [2.24, 2.45) is 16.7 Å². The molecule has 10 heteroatoms. The Labute approximate surface area is 197 Å². The summed E-state index contributed by atoms with van der Waals surface area (Å²) in [5, 5.41) is 10.1. The molecular formula is C24H32F3N3O4. The van der Waals surface area contributed by atoms with E-state index in [1.54, 1.807) is 7.05 Å². The molecule has 3 fully saturated rings. The summed E-state index contributed by atoms with van der Waals surface area (Å²) in [6.07, 6.45) is -0.420. The van der Waals surface area contributed by atoms with Crippen LogP contribution in [-0.2, 0) is 20.8 Å². The standard InChI is InChI=1S/C22H31N3O2.C2HF3O2/c1-23-20(27)22-9-8-21(18(22)15-24(2)16-22)10-12-25(13-11-21)19(26)14-17-6-4-3-5-7-17;3-2(4,5)1(6)7/h3-7,18H,8-16H2,1-2H3,(H,23,27);(H,6,7)/t18-,22+;/m0./s1. The number of piperidine rings is 1. The fourth-order valence-corrected chi connectivity index (χ4v) is 6.10. The monoisotopic (exact) mass is 483 g/mol. The number of benzene rings is 1. The lowest BCUT2D eigenvalue weighted by Crippen LogP contribution is -2.49. The third kappa shape index (κ3) is 5.21. The number of aliphatic carboxylic acids is 1. The first-order valence-electron chi connectivity index (χ1n) is 11.5. The fourth-order valence-electron chi connectivity index (χ4n) is 6.10. The second-order valence-corrected chi connectivity index (χ2v) is 9.69. The van der Waals surface area contributed by atoms with Crippen molar-refractivity contribution >= 4 is 17.8 Å². The molecule has 3 aliphatic rings. The van der Waals surface area contributed by atoms with Gasteiger partial charge < -0.3 is 20.2 Å². The smallest absolute Gasteiger partial charge is 0.475 e. The van der Waals surface area contributed by atoms with Crippen molar-refractivity contribution in [2.45, 2.75) is 38.3 Å². The van der Waals surface area contributed by atoms with Gasteiger partial charge in [-0.05, 0) is 49.6 Å². The number of nitrogens with zero attached hydrogens (tertiary/aromatic N) is 2. The lowest BCUT2D eigenvalue weighted by Gasteiger charge is -2.44. The number of rotatable bonds is 3. The van der Waals surface area contributed by atoms with E-state index in [9.17, 15) is 22.8 Å². The predicted octanol–water partition coefficient (Wildman–Crippen LogP) is 2.56. The highest BCUT2D eigenvalue weighted by molar-refractivity contribution is 5.84. The van der Waals surface area contributed by atoms with Crippen LogP contribution in [0.4, 0.5) is 13.2 Å². The Bertz CT molecular complexity index is 900. The number of carboxylic acids is 1. The summed E-state index contributed by atoms with van der Waals surface area (Å²) >= 11 is 0. The molecule has 4 rings (SSSR count). The molecule has 0 radical (unpaired) electrons. The van der Waals surface area contributed by atoms with Crippen LogP contribution in [-0.4, -0.2) is 79.1 Å². The van der Waals surface area contributed by atoms with Crippen LogP contribution in [0.15, 0.2) is 30.3 Å². The van der Waals surface area contributed by atoms with E-state index in [4.69, 9.17) is 9.90 Å². The van der Waals surface area contributed by atoms with Gasteiger partial charge in [-0.3, -0.25) is 9.59 Å². The van der Waals surface area contributed by atoms with Gasteiger partial charge in [0.15, 0.2) is 0 Å². The number of alkyl halides is 3. The molecule has 7 nitrogen and oxygen atoms in total. The van der Waals surface area contributed by atoms with Gasteiger partial charge in [0.1, 0.15) is 0 Å². The number of hydrogen-bond acceptors (Lipinski definition) is 4. The number of fused-ring (bicyclic) bond motifs is 2. The molecule has 34 heavy (non-hydrogen) atoms. The summed E-state index contributed by atoms with van der Waals surface area (Å²) in [6, 6.07) is 10.00. The molecule has 1 saturated carbocycles. The van der Waals surface area contributed by atoms with E-state index in [1.807, 2.05) is 35.2 Å². The molecule has 0 bridgehead atoms. The van der Waals surface area contributed by atoms with Crippen LogP contribution in [0.3, 0.4) is 0 Å². The summed E-state index contributed by atoms with van der Waals surface area (Å²) in [4.78, 5) is 38.7. The quantitative estimate of drug-likeness (QED) is 0.690.